The maximum atomic E-state index is 13.6. The smallest absolute Gasteiger partial charge is 0.268 e. The van der Waals surface area contributed by atoms with Gasteiger partial charge in [0.2, 0.25) is 0 Å². The standard InChI is InChI=1S/2C23H14ClNO2S2.H3P.U/c1-25-22(27)21-17(12-6-2-4-8-14(12)29-21)19-18-16(10-11-23(19,25)24)28-15-9-5-3-7-13(15)20(18)26;1-25-14-10-13-20(26)12-7-3-5-9-16(12)28-21(13)19(24)18(14)17-11-6-2-4-8-15(11)29-22(17)23(25)27;;/h2-11,19H,1H3;2-10,18-19H,1H3;1H3;/t19-,23-;18-,19+;;/m00../s1. The maximum absolute atomic E-state index is 13.6. The topological polar surface area (TPSA) is 74.8 Å². The number of carbonyl (C=O) groups is 2. The third-order valence-corrected chi connectivity index (χ3v) is 17.8. The van der Waals surface area contributed by atoms with Gasteiger partial charge in [-0.15, -0.1) is 56.9 Å². The molecule has 12 rings (SSSR count). The molecule has 8 aromatic rings. The number of hydrogen-bond acceptors (Lipinski definition) is 8. The number of fused-ring (bicyclic) bond motifs is 15. The third kappa shape index (κ3) is 5.92. The summed E-state index contributed by atoms with van der Waals surface area (Å²) in [7, 11) is 3.50. The van der Waals surface area contributed by atoms with Gasteiger partial charge in [0.15, 0.2) is 10.9 Å². The van der Waals surface area contributed by atoms with Crippen molar-refractivity contribution in [3.05, 3.63) is 171 Å². The van der Waals surface area contributed by atoms with E-state index in [2.05, 4.69) is 6.07 Å². The molecule has 0 N–H and O–H groups in total. The van der Waals surface area contributed by atoms with Crippen LogP contribution in [0.15, 0.2) is 118 Å². The molecule has 4 aromatic carbocycles. The number of rotatable bonds is 0. The van der Waals surface area contributed by atoms with E-state index in [0.717, 1.165) is 61.0 Å². The van der Waals surface area contributed by atoms with Crippen molar-refractivity contribution in [1.29, 1.82) is 0 Å². The van der Waals surface area contributed by atoms with Gasteiger partial charge in [0.05, 0.1) is 21.0 Å². The van der Waals surface area contributed by atoms with Crippen molar-refractivity contribution in [1.82, 2.24) is 9.80 Å². The molecule has 2 amide bonds. The Morgan fingerprint density at radius 2 is 1.12 bits per heavy atom. The normalized spacial score (nSPS) is 20.8. The summed E-state index contributed by atoms with van der Waals surface area (Å²) >= 11 is 20.4. The van der Waals surface area contributed by atoms with Crippen molar-refractivity contribution in [2.45, 2.75) is 22.2 Å². The summed E-state index contributed by atoms with van der Waals surface area (Å²) in [4.78, 5) is 58.5. The predicted octanol–water partition coefficient (Wildman–Crippen LogP) is 11.7. The molecule has 0 radical (unpaired) electrons. The molecule has 4 aromatic heterocycles. The van der Waals surface area contributed by atoms with E-state index in [1.54, 1.807) is 46.6 Å². The zero-order chi connectivity index (χ0) is 39.8. The Balaban J connectivity index is 0.000000149. The molecule has 2 aliphatic carbocycles. The second kappa shape index (κ2) is 15.4. The minimum absolute atomic E-state index is 0. The number of nitrogens with zero attached hydrogens (tertiary/aromatic N) is 2. The number of benzene rings is 4. The summed E-state index contributed by atoms with van der Waals surface area (Å²) < 4.78 is 4.02. The van der Waals surface area contributed by atoms with Crippen LogP contribution in [0, 0.1) is 31.1 Å². The predicted molar refractivity (Wildman–Crippen MR) is 254 cm³/mol. The van der Waals surface area contributed by atoms with Crippen molar-refractivity contribution < 1.29 is 40.7 Å². The minimum Gasteiger partial charge on any atom is -0.318 e. The second-order valence-corrected chi connectivity index (χ2v) is 20.1. The molecule has 1 unspecified atom stereocenters. The first kappa shape index (κ1) is 41.9. The monoisotopic (exact) mass is 1140 g/mol. The Morgan fingerprint density at radius 1 is 0.617 bits per heavy atom. The summed E-state index contributed by atoms with van der Waals surface area (Å²) in [5, 5.41) is 3.07. The van der Waals surface area contributed by atoms with Gasteiger partial charge < -0.3 is 9.80 Å². The first-order chi connectivity index (χ1) is 28.1. The summed E-state index contributed by atoms with van der Waals surface area (Å²) in [5.74, 6) is -0.702. The molecule has 0 saturated carbocycles. The first-order valence-corrected chi connectivity index (χ1v) is 22.6. The van der Waals surface area contributed by atoms with Gasteiger partial charge in [-0.3, -0.25) is 19.2 Å². The largest absolute Gasteiger partial charge is 0.318 e. The van der Waals surface area contributed by atoms with Crippen LogP contribution in [-0.2, 0) is 0 Å². The SMILES string of the molecule is CN1C(=O)c2sc3ccccc3c2[C@@H]2C1=Cc1c(sc3ccccc3c1=O)[C@@H]2Cl.CN1C(=O)c2sc3ccccc3c2[C@H]2c3c(sc4ccccc4c3=O)C=C[C@@]21Cl.P.[U]. The number of allylic oxidation sites excluding steroid dienone is 1. The Bertz CT molecular complexity index is 3360. The van der Waals surface area contributed by atoms with Crippen LogP contribution in [0.1, 0.15) is 68.6 Å². The fourth-order valence-electron chi connectivity index (χ4n) is 8.99. The van der Waals surface area contributed by atoms with Crippen LogP contribution in [0.25, 0.3) is 52.5 Å². The number of likely N-dealkylation sites (N-methyl/N-ethyl adjacent to an activating group) is 2. The molecular formula is C46H31Cl2N2O4PS4U. The zero-order valence-corrected chi connectivity index (χ0v) is 42.2. The van der Waals surface area contributed by atoms with Gasteiger partial charge in [0, 0.05) is 107 Å². The van der Waals surface area contributed by atoms with Crippen LogP contribution in [0.3, 0.4) is 0 Å². The number of hydrogen-bond donors (Lipinski definition) is 0. The Kier molecular flexibility index (Phi) is 10.8. The molecule has 60 heavy (non-hydrogen) atoms. The summed E-state index contributed by atoms with van der Waals surface area (Å²) in [5.41, 5.74) is 3.97. The molecule has 4 aliphatic rings. The van der Waals surface area contributed by atoms with Crippen LogP contribution >= 0.6 is 78.4 Å². The molecule has 6 nitrogen and oxygen atoms in total. The number of amides is 2. The van der Waals surface area contributed by atoms with Gasteiger partial charge in [-0.1, -0.05) is 72.3 Å². The molecule has 0 saturated heterocycles. The molecule has 0 fully saturated rings. The average molecular weight is 1140 g/mol. The third-order valence-electron chi connectivity index (χ3n) is 11.8. The van der Waals surface area contributed by atoms with E-state index in [0.29, 0.717) is 26.8 Å². The molecule has 6 heterocycles. The molecule has 0 bridgehead atoms. The second-order valence-electron chi connectivity index (χ2n) is 14.8. The van der Waals surface area contributed by atoms with E-state index in [-0.39, 0.29) is 69.6 Å². The van der Waals surface area contributed by atoms with Crippen LogP contribution in [0.5, 0.6) is 0 Å². The molecule has 296 valence electrons. The van der Waals surface area contributed by atoms with Crippen LogP contribution in [0.4, 0.5) is 0 Å². The average Bonchev–Trinajstić information content (AvgIpc) is 3.83. The van der Waals surface area contributed by atoms with Gasteiger partial charge in [-0.05, 0) is 76.5 Å². The molecule has 0 spiro atoms. The van der Waals surface area contributed by atoms with Gasteiger partial charge in [-0.2, -0.15) is 9.90 Å². The maximum Gasteiger partial charge on any atom is 0.268 e. The van der Waals surface area contributed by atoms with Crippen LogP contribution < -0.4 is 10.9 Å². The quantitative estimate of drug-likeness (QED) is 0.0861. The molecule has 5 atom stereocenters. The van der Waals surface area contributed by atoms with Gasteiger partial charge in [0.1, 0.15) is 5.00 Å². The fraction of sp³-hybridized carbons (Fsp3) is 0.130. The minimum atomic E-state index is -1.10. The molecular weight excluding hydrogens is 1110 g/mol. The van der Waals surface area contributed by atoms with E-state index >= 15 is 0 Å². The zero-order valence-electron chi connectivity index (χ0n) is 31.8. The first-order valence-electron chi connectivity index (χ1n) is 18.5. The number of halogens is 2. The Labute approximate surface area is 396 Å². The molecule has 14 heteroatoms. The van der Waals surface area contributed by atoms with E-state index in [9.17, 15) is 19.2 Å². The summed E-state index contributed by atoms with van der Waals surface area (Å²) in [6.45, 7) is 0. The van der Waals surface area contributed by atoms with Crippen LogP contribution in [-0.4, -0.2) is 40.7 Å². The van der Waals surface area contributed by atoms with E-state index < -0.39 is 16.3 Å². The van der Waals surface area contributed by atoms with Crippen molar-refractivity contribution in [2.24, 2.45) is 0 Å². The van der Waals surface area contributed by atoms with Crippen molar-refractivity contribution in [3.8, 4) is 0 Å². The number of alkyl halides is 2. The summed E-state index contributed by atoms with van der Waals surface area (Å²) in [6, 6.07) is 31.4. The fourth-order valence-corrected chi connectivity index (χ4v) is 14.6. The molecule has 2 aliphatic heterocycles. The van der Waals surface area contributed by atoms with Crippen molar-refractivity contribution in [2.75, 3.05) is 14.1 Å². The van der Waals surface area contributed by atoms with Crippen molar-refractivity contribution in [3.63, 3.8) is 0 Å². The van der Waals surface area contributed by atoms with E-state index in [4.69, 9.17) is 23.2 Å². The van der Waals surface area contributed by atoms with Gasteiger partial charge in [-0.25, -0.2) is 0 Å². The van der Waals surface area contributed by atoms with Gasteiger partial charge in [0.25, 0.3) is 11.8 Å². The van der Waals surface area contributed by atoms with Crippen LogP contribution in [0.2, 0.25) is 0 Å². The van der Waals surface area contributed by atoms with Crippen molar-refractivity contribution >= 4 is 143 Å². The number of carbonyl (C=O) groups excluding carboxylic acids is 2. The number of thiophene rings is 2. The van der Waals surface area contributed by atoms with Gasteiger partial charge >= 0.3 is 0 Å². The summed E-state index contributed by atoms with van der Waals surface area (Å²) in [6.07, 6.45) is 5.66. The Hall–Kier alpha value is -3.46. The van der Waals surface area contributed by atoms with E-state index in [1.165, 1.54) is 22.7 Å². The van der Waals surface area contributed by atoms with E-state index in [1.807, 2.05) is 109 Å². The Morgan fingerprint density at radius 3 is 1.73 bits per heavy atom.